The van der Waals surface area contributed by atoms with Crippen molar-refractivity contribution in [2.24, 2.45) is 0 Å². The van der Waals surface area contributed by atoms with E-state index in [1.807, 2.05) is 0 Å². The number of likely N-dealkylation sites (tertiary alicyclic amines) is 1. The highest BCUT2D eigenvalue weighted by Gasteiger charge is 2.34. The van der Waals surface area contributed by atoms with Gasteiger partial charge in [0.15, 0.2) is 0 Å². The van der Waals surface area contributed by atoms with E-state index in [2.05, 4.69) is 27.8 Å². The molecule has 1 aromatic rings. The van der Waals surface area contributed by atoms with Gasteiger partial charge in [-0.3, -0.25) is 0 Å². The standard InChI is InChI=1S/C14H19BrFNO/c1-2-17-9-4-7-14(18,8-10-17)11-5-3-6-12(15)13(11)16/h3,5-6,18H,2,4,7-10H2,1H3. The molecular formula is C14H19BrFNO. The fourth-order valence-electron chi connectivity index (χ4n) is 2.62. The molecule has 1 saturated heterocycles. The molecule has 18 heavy (non-hydrogen) atoms. The zero-order chi connectivity index (χ0) is 13.2. The molecule has 100 valence electrons. The molecule has 1 unspecified atom stereocenters. The summed E-state index contributed by atoms with van der Waals surface area (Å²) >= 11 is 3.19. The maximum absolute atomic E-state index is 14.1. The van der Waals surface area contributed by atoms with Crippen molar-refractivity contribution in [2.75, 3.05) is 19.6 Å². The number of nitrogens with zero attached hydrogens (tertiary/aromatic N) is 1. The number of aliphatic hydroxyl groups is 1. The first-order chi connectivity index (χ1) is 8.57. The largest absolute Gasteiger partial charge is 0.385 e. The molecule has 1 N–H and O–H groups in total. The van der Waals surface area contributed by atoms with Crippen molar-refractivity contribution in [1.29, 1.82) is 0 Å². The summed E-state index contributed by atoms with van der Waals surface area (Å²) in [6.07, 6.45) is 2.11. The zero-order valence-corrected chi connectivity index (χ0v) is 12.2. The van der Waals surface area contributed by atoms with Gasteiger partial charge in [0.2, 0.25) is 0 Å². The molecule has 4 heteroatoms. The highest BCUT2D eigenvalue weighted by Crippen LogP contribution is 2.36. The lowest BCUT2D eigenvalue weighted by molar-refractivity contribution is 0.0178. The van der Waals surface area contributed by atoms with Crippen LogP contribution in [0.4, 0.5) is 4.39 Å². The van der Waals surface area contributed by atoms with Gasteiger partial charge in [-0.2, -0.15) is 0 Å². The Balaban J connectivity index is 2.27. The van der Waals surface area contributed by atoms with E-state index in [0.29, 0.717) is 22.9 Å². The topological polar surface area (TPSA) is 23.5 Å². The molecule has 0 saturated carbocycles. The third kappa shape index (κ3) is 2.76. The van der Waals surface area contributed by atoms with Crippen molar-refractivity contribution in [1.82, 2.24) is 4.90 Å². The van der Waals surface area contributed by atoms with Gasteiger partial charge in [0.05, 0.1) is 10.1 Å². The molecule has 1 aliphatic rings. The normalized spacial score (nSPS) is 26.0. The fraction of sp³-hybridized carbons (Fsp3) is 0.571. The Bertz CT molecular complexity index is 426. The van der Waals surface area contributed by atoms with Gasteiger partial charge in [-0.15, -0.1) is 0 Å². The molecule has 2 rings (SSSR count). The van der Waals surface area contributed by atoms with Crippen LogP contribution in [0.1, 0.15) is 31.7 Å². The summed E-state index contributed by atoms with van der Waals surface area (Å²) in [6, 6.07) is 5.14. The average Bonchev–Trinajstić information content (AvgIpc) is 2.55. The minimum Gasteiger partial charge on any atom is -0.385 e. The van der Waals surface area contributed by atoms with Gasteiger partial charge in [-0.25, -0.2) is 4.39 Å². The van der Waals surface area contributed by atoms with Crippen LogP contribution < -0.4 is 0 Å². The third-order valence-corrected chi connectivity index (χ3v) is 4.42. The first-order valence-electron chi connectivity index (χ1n) is 6.46. The highest BCUT2D eigenvalue weighted by atomic mass is 79.9. The van der Waals surface area contributed by atoms with Crippen molar-refractivity contribution in [3.63, 3.8) is 0 Å². The monoisotopic (exact) mass is 315 g/mol. The quantitative estimate of drug-likeness (QED) is 0.905. The van der Waals surface area contributed by atoms with Crippen LogP contribution in [-0.2, 0) is 5.60 Å². The number of hydrogen-bond acceptors (Lipinski definition) is 2. The summed E-state index contributed by atoms with van der Waals surface area (Å²) in [5.41, 5.74) is -0.604. The number of benzene rings is 1. The van der Waals surface area contributed by atoms with Crippen LogP contribution in [0.15, 0.2) is 22.7 Å². The van der Waals surface area contributed by atoms with Crippen LogP contribution in [0, 0.1) is 5.82 Å². The maximum atomic E-state index is 14.1. The number of rotatable bonds is 2. The SMILES string of the molecule is CCN1CCCC(O)(c2cccc(Br)c2F)CC1. The lowest BCUT2D eigenvalue weighted by Crippen LogP contribution is -2.30. The van der Waals surface area contributed by atoms with Crippen LogP contribution in [0.25, 0.3) is 0 Å². The van der Waals surface area contributed by atoms with E-state index >= 15 is 0 Å². The van der Waals surface area contributed by atoms with Crippen molar-refractivity contribution in [3.8, 4) is 0 Å². The number of halogens is 2. The summed E-state index contributed by atoms with van der Waals surface area (Å²) in [5.74, 6) is -0.329. The Kier molecular flexibility index (Phi) is 4.41. The van der Waals surface area contributed by atoms with Gasteiger partial charge in [-0.05, 0) is 54.3 Å². The minimum absolute atomic E-state index is 0.329. The van der Waals surface area contributed by atoms with E-state index in [1.54, 1.807) is 18.2 Å². The second kappa shape index (κ2) is 5.68. The fourth-order valence-corrected chi connectivity index (χ4v) is 2.99. The molecule has 0 amide bonds. The molecule has 1 heterocycles. The van der Waals surface area contributed by atoms with Crippen LogP contribution in [0.5, 0.6) is 0 Å². The van der Waals surface area contributed by atoms with E-state index in [-0.39, 0.29) is 5.82 Å². The second-order valence-electron chi connectivity index (χ2n) is 4.92. The number of hydrogen-bond donors (Lipinski definition) is 1. The van der Waals surface area contributed by atoms with Crippen molar-refractivity contribution >= 4 is 15.9 Å². The molecule has 1 aromatic carbocycles. The molecule has 1 fully saturated rings. The van der Waals surface area contributed by atoms with Gasteiger partial charge in [-0.1, -0.05) is 19.1 Å². The van der Waals surface area contributed by atoms with E-state index in [4.69, 9.17) is 0 Å². The Labute approximate surface area is 116 Å². The predicted octanol–water partition coefficient (Wildman–Crippen LogP) is 3.28. The van der Waals surface area contributed by atoms with Crippen LogP contribution in [0.3, 0.4) is 0 Å². The van der Waals surface area contributed by atoms with Gasteiger partial charge < -0.3 is 10.0 Å². The Morgan fingerprint density at radius 1 is 1.39 bits per heavy atom. The predicted molar refractivity (Wildman–Crippen MR) is 74.0 cm³/mol. The van der Waals surface area contributed by atoms with E-state index < -0.39 is 5.60 Å². The van der Waals surface area contributed by atoms with E-state index in [1.165, 1.54) is 0 Å². The summed E-state index contributed by atoms with van der Waals surface area (Å²) in [5, 5.41) is 10.8. The molecule has 0 spiro atoms. The van der Waals surface area contributed by atoms with Crippen molar-refractivity contribution < 1.29 is 9.50 Å². The molecule has 2 nitrogen and oxygen atoms in total. The van der Waals surface area contributed by atoms with Crippen molar-refractivity contribution in [3.05, 3.63) is 34.1 Å². The third-order valence-electron chi connectivity index (χ3n) is 3.81. The van der Waals surface area contributed by atoms with E-state index in [9.17, 15) is 9.50 Å². The second-order valence-corrected chi connectivity index (χ2v) is 5.78. The summed E-state index contributed by atoms with van der Waals surface area (Å²) in [7, 11) is 0. The van der Waals surface area contributed by atoms with Gasteiger partial charge in [0, 0.05) is 12.1 Å². The lowest BCUT2D eigenvalue weighted by Gasteiger charge is -2.28. The average molecular weight is 316 g/mol. The van der Waals surface area contributed by atoms with Gasteiger partial charge in [0.1, 0.15) is 5.82 Å². The molecule has 0 bridgehead atoms. The van der Waals surface area contributed by atoms with Crippen molar-refractivity contribution in [2.45, 2.75) is 31.8 Å². The first kappa shape index (κ1) is 14.0. The summed E-state index contributed by atoms with van der Waals surface area (Å²) in [6.45, 7) is 4.90. The van der Waals surface area contributed by atoms with Crippen LogP contribution in [0.2, 0.25) is 0 Å². The molecule has 0 radical (unpaired) electrons. The Hall–Kier alpha value is -0.450. The molecule has 1 atom stereocenters. The Morgan fingerprint density at radius 2 is 2.17 bits per heavy atom. The van der Waals surface area contributed by atoms with E-state index in [0.717, 1.165) is 26.1 Å². The molecule has 0 aliphatic carbocycles. The van der Waals surface area contributed by atoms with Gasteiger partial charge in [0.25, 0.3) is 0 Å². The summed E-state index contributed by atoms with van der Waals surface area (Å²) in [4.78, 5) is 2.30. The first-order valence-corrected chi connectivity index (χ1v) is 7.25. The lowest BCUT2D eigenvalue weighted by atomic mass is 9.86. The smallest absolute Gasteiger partial charge is 0.143 e. The molecule has 0 aromatic heterocycles. The van der Waals surface area contributed by atoms with Gasteiger partial charge >= 0.3 is 0 Å². The summed E-state index contributed by atoms with van der Waals surface area (Å²) < 4.78 is 14.5. The highest BCUT2D eigenvalue weighted by molar-refractivity contribution is 9.10. The minimum atomic E-state index is -1.03. The molecular weight excluding hydrogens is 297 g/mol. The molecule has 1 aliphatic heterocycles. The van der Waals surface area contributed by atoms with Crippen LogP contribution in [-0.4, -0.2) is 29.6 Å². The maximum Gasteiger partial charge on any atom is 0.143 e. The zero-order valence-electron chi connectivity index (χ0n) is 10.6. The Morgan fingerprint density at radius 3 is 2.89 bits per heavy atom. The van der Waals surface area contributed by atoms with Crippen LogP contribution >= 0.6 is 15.9 Å².